The second-order valence-corrected chi connectivity index (χ2v) is 8.58. The third-order valence-corrected chi connectivity index (χ3v) is 6.00. The predicted molar refractivity (Wildman–Crippen MR) is 112 cm³/mol. The molecule has 11 heteroatoms. The lowest BCUT2D eigenvalue weighted by molar-refractivity contribution is -0.144. The standard InChI is InChI=1S/C22H28F5N5O/c1-2-3-4-16(31-19(33)7-10-22(25,26)27)15-11-18-30-17(13-32(18)29-12-15)20(28)14-5-8-21(23,24)9-6-14/h2,11-14,16,20H,1,3-10,28H2,(H,31,33)/t16-,20+/m1/s1. The summed E-state index contributed by atoms with van der Waals surface area (Å²) in [6.45, 7) is 3.65. The molecule has 0 saturated heterocycles. The summed E-state index contributed by atoms with van der Waals surface area (Å²) in [5.41, 5.74) is 7.89. The lowest BCUT2D eigenvalue weighted by atomic mass is 9.81. The quantitative estimate of drug-likeness (QED) is 0.396. The number of amides is 1. The second kappa shape index (κ2) is 10.1. The summed E-state index contributed by atoms with van der Waals surface area (Å²) < 4.78 is 65.7. The molecule has 0 aromatic carbocycles. The molecule has 2 heterocycles. The van der Waals surface area contributed by atoms with Gasteiger partial charge in [0.15, 0.2) is 5.65 Å². The highest BCUT2D eigenvalue weighted by atomic mass is 19.4. The van der Waals surface area contributed by atoms with E-state index in [4.69, 9.17) is 5.73 Å². The summed E-state index contributed by atoms with van der Waals surface area (Å²) in [5, 5.41) is 6.93. The van der Waals surface area contributed by atoms with Crippen molar-refractivity contribution in [1.82, 2.24) is 19.9 Å². The number of nitrogens with zero attached hydrogens (tertiary/aromatic N) is 3. The van der Waals surface area contributed by atoms with Crippen LogP contribution >= 0.6 is 0 Å². The summed E-state index contributed by atoms with van der Waals surface area (Å²) in [7, 11) is 0. The molecule has 3 N–H and O–H groups in total. The van der Waals surface area contributed by atoms with Crippen molar-refractivity contribution in [2.24, 2.45) is 11.7 Å². The van der Waals surface area contributed by atoms with Crippen LogP contribution in [0.25, 0.3) is 5.65 Å². The molecule has 0 spiro atoms. The minimum atomic E-state index is -4.41. The van der Waals surface area contributed by atoms with Crippen LogP contribution in [-0.2, 0) is 4.79 Å². The number of rotatable bonds is 9. The molecule has 182 valence electrons. The van der Waals surface area contributed by atoms with Crippen molar-refractivity contribution in [3.05, 3.63) is 42.4 Å². The number of nitrogens with two attached hydrogens (primary N) is 1. The molecule has 3 rings (SSSR count). The Morgan fingerprint density at radius 3 is 2.70 bits per heavy atom. The highest BCUT2D eigenvalue weighted by Gasteiger charge is 2.37. The van der Waals surface area contributed by atoms with Crippen LogP contribution in [0.15, 0.2) is 31.1 Å². The molecule has 0 unspecified atom stereocenters. The topological polar surface area (TPSA) is 85.3 Å². The Kier molecular flexibility index (Phi) is 7.71. The van der Waals surface area contributed by atoms with Gasteiger partial charge in [0, 0.05) is 19.3 Å². The smallest absolute Gasteiger partial charge is 0.349 e. The Balaban J connectivity index is 1.74. The van der Waals surface area contributed by atoms with E-state index < -0.39 is 42.9 Å². The number of carbonyl (C=O) groups excluding carboxylic acids is 1. The zero-order valence-electron chi connectivity index (χ0n) is 18.1. The number of aromatic nitrogens is 3. The highest BCUT2D eigenvalue weighted by Crippen LogP contribution is 2.40. The van der Waals surface area contributed by atoms with Gasteiger partial charge in [-0.15, -0.1) is 6.58 Å². The maximum Gasteiger partial charge on any atom is 0.389 e. The van der Waals surface area contributed by atoms with Crippen molar-refractivity contribution in [3.63, 3.8) is 0 Å². The van der Waals surface area contributed by atoms with E-state index >= 15 is 0 Å². The fourth-order valence-corrected chi connectivity index (χ4v) is 4.05. The largest absolute Gasteiger partial charge is 0.389 e. The van der Waals surface area contributed by atoms with E-state index in [1.807, 2.05) is 0 Å². The fraction of sp³-hybridized carbons (Fsp3) is 0.591. The number of imidazole rings is 1. The van der Waals surface area contributed by atoms with Gasteiger partial charge < -0.3 is 11.1 Å². The van der Waals surface area contributed by atoms with E-state index in [-0.39, 0.29) is 18.8 Å². The zero-order chi connectivity index (χ0) is 24.2. The van der Waals surface area contributed by atoms with Crippen LogP contribution in [0.1, 0.15) is 74.7 Å². The normalized spacial score (nSPS) is 18.7. The summed E-state index contributed by atoms with van der Waals surface area (Å²) in [6, 6.07) is 0.622. The van der Waals surface area contributed by atoms with Crippen molar-refractivity contribution in [3.8, 4) is 0 Å². The first kappa shape index (κ1) is 25.1. The molecular formula is C22H28F5N5O. The van der Waals surface area contributed by atoms with Gasteiger partial charge in [0.1, 0.15) is 0 Å². The lowest BCUT2D eigenvalue weighted by Crippen LogP contribution is -2.31. The molecule has 1 aliphatic rings. The molecule has 2 atom stereocenters. The van der Waals surface area contributed by atoms with Gasteiger partial charge in [0.25, 0.3) is 0 Å². The second-order valence-electron chi connectivity index (χ2n) is 8.58. The lowest BCUT2D eigenvalue weighted by Gasteiger charge is -2.31. The number of hydrogen-bond acceptors (Lipinski definition) is 4. The van der Waals surface area contributed by atoms with Crippen LogP contribution in [-0.4, -0.2) is 32.6 Å². The molecular weight excluding hydrogens is 445 g/mol. The van der Waals surface area contributed by atoms with Gasteiger partial charge >= 0.3 is 6.18 Å². The number of alkyl halides is 5. The Bertz CT molecular complexity index is 964. The minimum Gasteiger partial charge on any atom is -0.349 e. The average molecular weight is 473 g/mol. The van der Waals surface area contributed by atoms with Gasteiger partial charge in [-0.3, -0.25) is 4.79 Å². The molecule has 1 amide bonds. The molecule has 6 nitrogen and oxygen atoms in total. The number of hydrogen-bond donors (Lipinski definition) is 2. The van der Waals surface area contributed by atoms with Crippen LogP contribution in [0.2, 0.25) is 0 Å². The summed E-state index contributed by atoms with van der Waals surface area (Å²) in [4.78, 5) is 16.6. The molecule has 33 heavy (non-hydrogen) atoms. The molecule has 1 saturated carbocycles. The Morgan fingerprint density at radius 2 is 2.06 bits per heavy atom. The average Bonchev–Trinajstić information content (AvgIpc) is 3.17. The van der Waals surface area contributed by atoms with Gasteiger partial charge in [0.05, 0.1) is 36.6 Å². The number of nitrogens with one attached hydrogen (secondary N) is 1. The fourth-order valence-electron chi connectivity index (χ4n) is 4.05. The third-order valence-electron chi connectivity index (χ3n) is 6.00. The van der Waals surface area contributed by atoms with Crippen LogP contribution in [0, 0.1) is 5.92 Å². The molecule has 2 aromatic heterocycles. The molecule has 1 fully saturated rings. The van der Waals surface area contributed by atoms with Gasteiger partial charge in [-0.05, 0) is 43.2 Å². The Morgan fingerprint density at radius 1 is 1.36 bits per heavy atom. The zero-order valence-corrected chi connectivity index (χ0v) is 18.1. The maximum atomic E-state index is 13.5. The minimum absolute atomic E-state index is 0.109. The first-order chi connectivity index (χ1) is 15.5. The van der Waals surface area contributed by atoms with E-state index in [9.17, 15) is 26.7 Å². The molecule has 0 bridgehead atoms. The van der Waals surface area contributed by atoms with Crippen molar-refractivity contribution in [2.75, 3.05) is 0 Å². The Labute approximate surface area is 188 Å². The first-order valence-electron chi connectivity index (χ1n) is 10.9. The Hall–Kier alpha value is -2.56. The van der Waals surface area contributed by atoms with Crippen molar-refractivity contribution in [2.45, 2.75) is 75.5 Å². The predicted octanol–water partition coefficient (Wildman–Crippen LogP) is 5.02. The number of fused-ring (bicyclic) bond motifs is 1. The van der Waals surface area contributed by atoms with Gasteiger partial charge in [0.2, 0.25) is 11.8 Å². The summed E-state index contributed by atoms with van der Waals surface area (Å²) in [5.74, 6) is -3.46. The van der Waals surface area contributed by atoms with E-state index in [0.29, 0.717) is 42.6 Å². The van der Waals surface area contributed by atoms with Crippen molar-refractivity contribution >= 4 is 11.6 Å². The van der Waals surface area contributed by atoms with Crippen molar-refractivity contribution in [1.29, 1.82) is 0 Å². The highest BCUT2D eigenvalue weighted by molar-refractivity contribution is 5.76. The van der Waals surface area contributed by atoms with Gasteiger partial charge in [-0.1, -0.05) is 6.08 Å². The number of allylic oxidation sites excluding steroid dienone is 1. The van der Waals surface area contributed by atoms with Crippen LogP contribution < -0.4 is 11.1 Å². The third kappa shape index (κ3) is 6.96. The van der Waals surface area contributed by atoms with E-state index in [1.54, 1.807) is 18.3 Å². The van der Waals surface area contributed by atoms with Crippen LogP contribution in [0.4, 0.5) is 22.0 Å². The van der Waals surface area contributed by atoms with Crippen LogP contribution in [0.3, 0.4) is 0 Å². The van der Waals surface area contributed by atoms with E-state index in [2.05, 4.69) is 22.0 Å². The van der Waals surface area contributed by atoms with Crippen LogP contribution in [0.5, 0.6) is 0 Å². The van der Waals surface area contributed by atoms with E-state index in [1.165, 1.54) is 10.7 Å². The molecule has 2 aromatic rings. The summed E-state index contributed by atoms with van der Waals surface area (Å²) in [6.07, 6.45) is -0.238. The van der Waals surface area contributed by atoms with Crippen molar-refractivity contribution < 1.29 is 26.7 Å². The van der Waals surface area contributed by atoms with Gasteiger partial charge in [-0.2, -0.15) is 18.3 Å². The van der Waals surface area contributed by atoms with Gasteiger partial charge in [-0.25, -0.2) is 18.3 Å². The monoisotopic (exact) mass is 473 g/mol. The van der Waals surface area contributed by atoms with E-state index in [0.717, 1.165) is 0 Å². The number of carbonyl (C=O) groups is 1. The molecule has 1 aliphatic carbocycles. The maximum absolute atomic E-state index is 13.5. The molecule has 0 radical (unpaired) electrons. The molecule has 0 aliphatic heterocycles. The first-order valence-corrected chi connectivity index (χ1v) is 10.9. The SMILES string of the molecule is C=CCC[C@@H](NC(=O)CCC(F)(F)F)c1cnn2cc([C@@H](N)C3CCC(F)(F)CC3)nc2c1. The summed E-state index contributed by atoms with van der Waals surface area (Å²) >= 11 is 0. The number of halogens is 5.